The average molecular weight is 856 g/mol. The largest absolute Gasteiger partial charge is 0.496 e. The number of hydrogen-bond donors (Lipinski definition) is 3. The lowest BCUT2D eigenvalue weighted by molar-refractivity contribution is -0.142. The third-order valence-corrected chi connectivity index (χ3v) is 15.0. The highest BCUT2D eigenvalue weighted by atomic mass is 32.2. The summed E-state index contributed by atoms with van der Waals surface area (Å²) in [5.41, 5.74) is 1.21. The first-order valence-corrected chi connectivity index (χ1v) is 23.2. The van der Waals surface area contributed by atoms with Gasteiger partial charge in [0.05, 0.1) is 36.7 Å². The molecule has 8 rings (SSSR count). The maximum absolute atomic E-state index is 15.1. The number of nitrogens with zero attached hydrogens (tertiary/aromatic N) is 2. The van der Waals surface area contributed by atoms with E-state index in [1.165, 1.54) is 11.0 Å². The predicted molar refractivity (Wildman–Crippen MR) is 229 cm³/mol. The number of nitrogens with one attached hydrogen (secondary N) is 3. The van der Waals surface area contributed by atoms with Gasteiger partial charge < -0.3 is 29.7 Å². The lowest BCUT2D eigenvalue weighted by Gasteiger charge is -2.35. The van der Waals surface area contributed by atoms with Crippen LogP contribution < -0.4 is 24.8 Å². The SMILES string of the molecule is C=C[C@H]1C[C@]1(NC(=O)[C@@H]1C[C@@H]2CN1C(=O)[C@H](C1CCCCC1)NC(=O)OCC(C)(C)CCCc1cc3c(cc(-c4ccccc4)nc3cc1OC)O2)C(=O)NS(=O)(=O)C1CC1. The minimum Gasteiger partial charge on any atom is -0.496 e. The van der Waals surface area contributed by atoms with E-state index >= 15 is 4.79 Å². The Morgan fingerprint density at radius 1 is 1.03 bits per heavy atom. The van der Waals surface area contributed by atoms with Gasteiger partial charge >= 0.3 is 6.09 Å². The minimum atomic E-state index is -3.92. The maximum Gasteiger partial charge on any atom is 0.407 e. The topological polar surface area (TPSA) is 182 Å². The number of benzene rings is 2. The Morgan fingerprint density at radius 2 is 1.79 bits per heavy atom. The number of methoxy groups -OCH3 is 1. The van der Waals surface area contributed by atoms with Crippen molar-refractivity contribution in [2.45, 2.75) is 120 Å². The molecule has 14 nitrogen and oxygen atoms in total. The molecule has 3 saturated carbocycles. The molecule has 3 aliphatic carbocycles. The molecule has 1 aromatic heterocycles. The van der Waals surface area contributed by atoms with Crippen LogP contribution in [-0.4, -0.2) is 91.4 Å². The van der Waals surface area contributed by atoms with E-state index in [4.69, 9.17) is 19.2 Å². The molecule has 3 heterocycles. The quantitative estimate of drug-likeness (QED) is 0.217. The van der Waals surface area contributed by atoms with Gasteiger partial charge in [-0.1, -0.05) is 69.5 Å². The van der Waals surface area contributed by atoms with E-state index in [1.54, 1.807) is 7.11 Å². The molecule has 3 N–H and O–H groups in total. The van der Waals surface area contributed by atoms with Crippen molar-refractivity contribution in [3.63, 3.8) is 0 Å². The van der Waals surface area contributed by atoms with Crippen LogP contribution in [0.2, 0.25) is 0 Å². The highest BCUT2D eigenvalue weighted by Gasteiger charge is 2.62. The van der Waals surface area contributed by atoms with Crippen LogP contribution in [0.15, 0.2) is 61.2 Å². The summed E-state index contributed by atoms with van der Waals surface area (Å²) >= 11 is 0. The normalized spacial score (nSPS) is 27.2. The second-order valence-electron chi connectivity index (χ2n) is 18.3. The Kier molecular flexibility index (Phi) is 11.8. The Balaban J connectivity index is 1.19. The van der Waals surface area contributed by atoms with Gasteiger partial charge in [-0.25, -0.2) is 18.2 Å². The molecule has 15 heteroatoms. The molecule has 2 aromatic carbocycles. The van der Waals surface area contributed by atoms with Gasteiger partial charge in [0.15, 0.2) is 0 Å². The Bertz CT molecular complexity index is 2310. The van der Waals surface area contributed by atoms with Gasteiger partial charge in [-0.15, -0.1) is 6.58 Å². The molecule has 5 aliphatic rings. The molecule has 2 aliphatic heterocycles. The summed E-state index contributed by atoms with van der Waals surface area (Å²) in [6.45, 7) is 8.05. The number of carbonyl (C=O) groups excluding carboxylic acids is 4. The highest BCUT2D eigenvalue weighted by Crippen LogP contribution is 2.46. The zero-order valence-corrected chi connectivity index (χ0v) is 36.1. The number of alkyl carbamates (subject to hydrolysis) is 1. The molecule has 326 valence electrons. The number of sulfonamides is 1. The van der Waals surface area contributed by atoms with Crippen LogP contribution >= 0.6 is 0 Å². The van der Waals surface area contributed by atoms with Crippen molar-refractivity contribution in [2.75, 3.05) is 20.3 Å². The fourth-order valence-corrected chi connectivity index (χ4v) is 10.7. The number of aromatic nitrogens is 1. The van der Waals surface area contributed by atoms with E-state index in [0.717, 1.165) is 48.6 Å². The van der Waals surface area contributed by atoms with Crippen LogP contribution in [0.4, 0.5) is 4.79 Å². The number of amides is 4. The van der Waals surface area contributed by atoms with E-state index in [1.807, 2.05) is 62.4 Å². The molecular formula is C46H57N5O9S. The van der Waals surface area contributed by atoms with Crippen LogP contribution in [0.25, 0.3) is 22.2 Å². The van der Waals surface area contributed by atoms with Gasteiger partial charge in [0.1, 0.15) is 35.2 Å². The number of hydrogen-bond acceptors (Lipinski definition) is 10. The molecule has 4 amide bonds. The fraction of sp³-hybridized carbons (Fsp3) is 0.543. The smallest absolute Gasteiger partial charge is 0.407 e. The zero-order chi connectivity index (χ0) is 43.1. The standard InChI is InChI=1S/C46H57N5O9S/c1-5-31-25-46(31,43(54)50-61(56,57)33-18-19-33)49-41(52)37-22-32-26-51(37)42(53)40(29-15-10-7-11-16-29)48-44(55)59-27-45(2,3)20-12-17-30-21-34-36(24-38(30)58-4)47-35(23-39(34)60-32)28-13-8-6-9-14-28/h5-6,8-9,13-14,21,23-24,29,31-33,37,40H,1,7,10-12,15-20,22,25-27H2,2-4H3,(H,48,55)(H,49,52)(H,50,54)/t31-,32+,37-,40-,46+/m0/s1. The van der Waals surface area contributed by atoms with Crippen LogP contribution in [-0.2, 0) is 35.6 Å². The highest BCUT2D eigenvalue weighted by molar-refractivity contribution is 7.91. The van der Waals surface area contributed by atoms with E-state index in [2.05, 4.69) is 21.9 Å². The minimum absolute atomic E-state index is 0.00244. The van der Waals surface area contributed by atoms with Crippen molar-refractivity contribution in [3.8, 4) is 22.8 Å². The van der Waals surface area contributed by atoms with Crippen molar-refractivity contribution in [2.24, 2.45) is 17.3 Å². The number of cyclic esters (lactones) is 1. The first-order valence-electron chi connectivity index (χ1n) is 21.7. The average Bonchev–Trinajstić information content (AvgIpc) is 4.18. The first kappa shape index (κ1) is 42.5. The Morgan fingerprint density at radius 3 is 2.48 bits per heavy atom. The summed E-state index contributed by atoms with van der Waals surface area (Å²) in [5, 5.41) is 5.91. The lowest BCUT2D eigenvalue weighted by atomic mass is 9.83. The summed E-state index contributed by atoms with van der Waals surface area (Å²) in [5.74, 6) is -1.41. The van der Waals surface area contributed by atoms with Gasteiger partial charge in [-0.3, -0.25) is 19.1 Å². The Labute approximate surface area is 357 Å². The van der Waals surface area contributed by atoms with Crippen molar-refractivity contribution in [1.82, 2.24) is 25.2 Å². The summed E-state index contributed by atoms with van der Waals surface area (Å²) in [7, 11) is -2.28. The third-order valence-electron chi connectivity index (χ3n) is 13.2. The van der Waals surface area contributed by atoms with Crippen LogP contribution in [0.1, 0.15) is 90.0 Å². The second-order valence-corrected chi connectivity index (χ2v) is 20.3. The number of carbonyl (C=O) groups is 4. The predicted octanol–water partition coefficient (Wildman–Crippen LogP) is 5.97. The van der Waals surface area contributed by atoms with E-state index in [0.29, 0.717) is 54.8 Å². The van der Waals surface area contributed by atoms with Gasteiger partial charge in [0, 0.05) is 35.4 Å². The number of pyridine rings is 1. The molecule has 5 atom stereocenters. The summed E-state index contributed by atoms with van der Waals surface area (Å²) in [6, 6.07) is 13.5. The van der Waals surface area contributed by atoms with Crippen molar-refractivity contribution < 1.29 is 41.8 Å². The van der Waals surface area contributed by atoms with Crippen molar-refractivity contribution in [1.29, 1.82) is 0 Å². The zero-order valence-electron chi connectivity index (χ0n) is 35.2. The third kappa shape index (κ3) is 9.08. The van der Waals surface area contributed by atoms with Crippen molar-refractivity contribution >= 4 is 44.7 Å². The monoisotopic (exact) mass is 855 g/mol. The lowest BCUT2D eigenvalue weighted by Crippen LogP contribution is -2.59. The van der Waals surface area contributed by atoms with Gasteiger partial charge in [0.2, 0.25) is 21.8 Å². The fourth-order valence-electron chi connectivity index (χ4n) is 9.37. The summed E-state index contributed by atoms with van der Waals surface area (Å²) in [4.78, 5) is 63.6. The van der Waals surface area contributed by atoms with Crippen LogP contribution in [0, 0.1) is 17.3 Å². The number of aryl methyl sites for hydroxylation is 1. The molecule has 3 aromatic rings. The molecule has 1 saturated heterocycles. The van der Waals surface area contributed by atoms with E-state index in [9.17, 15) is 22.8 Å². The molecule has 61 heavy (non-hydrogen) atoms. The molecular weight excluding hydrogens is 799 g/mol. The maximum atomic E-state index is 15.1. The summed E-state index contributed by atoms with van der Waals surface area (Å²) < 4.78 is 46.6. The molecule has 0 radical (unpaired) electrons. The molecule has 4 bridgehead atoms. The molecule has 4 fully saturated rings. The second kappa shape index (κ2) is 16.9. The van der Waals surface area contributed by atoms with Crippen LogP contribution in [0.5, 0.6) is 11.5 Å². The van der Waals surface area contributed by atoms with Crippen molar-refractivity contribution in [3.05, 3.63) is 66.7 Å². The van der Waals surface area contributed by atoms with Gasteiger partial charge in [-0.2, -0.15) is 0 Å². The van der Waals surface area contributed by atoms with E-state index in [-0.39, 0.29) is 37.3 Å². The van der Waals surface area contributed by atoms with Gasteiger partial charge in [-0.05, 0) is 74.3 Å². The van der Waals surface area contributed by atoms with Crippen LogP contribution in [0.3, 0.4) is 0 Å². The van der Waals surface area contributed by atoms with E-state index < -0.39 is 68.7 Å². The molecule has 0 unspecified atom stereocenters. The van der Waals surface area contributed by atoms with Gasteiger partial charge in [0.25, 0.3) is 5.91 Å². The number of fused-ring (bicyclic) bond motifs is 3. The first-order chi connectivity index (χ1) is 29.2. The molecule has 0 spiro atoms. The summed E-state index contributed by atoms with van der Waals surface area (Å²) in [6.07, 6.45) is 7.68. The number of rotatable bonds is 9. The number of ether oxygens (including phenoxy) is 3. The Hall–Kier alpha value is -5.18.